The Morgan fingerprint density at radius 3 is 1.25 bits per heavy atom. The van der Waals surface area contributed by atoms with Crippen molar-refractivity contribution < 1.29 is 28.4 Å². The summed E-state index contributed by atoms with van der Waals surface area (Å²) in [5, 5.41) is 3.47. The highest BCUT2D eigenvalue weighted by atomic mass is 16.6. The van der Waals surface area contributed by atoms with E-state index in [0.29, 0.717) is 79.2 Å². The highest BCUT2D eigenvalue weighted by molar-refractivity contribution is 4.37. The molecule has 0 aromatic rings. The second-order valence-electron chi connectivity index (χ2n) is 4.64. The van der Waals surface area contributed by atoms with Gasteiger partial charge >= 0.3 is 0 Å². The van der Waals surface area contributed by atoms with Crippen LogP contribution in [0.2, 0.25) is 0 Å². The van der Waals surface area contributed by atoms with Gasteiger partial charge in [-0.3, -0.25) is 0 Å². The van der Waals surface area contributed by atoms with Gasteiger partial charge in [0.1, 0.15) is 17.2 Å². The number of nitrogens with zero attached hydrogens (tertiary/aromatic N) is 2. The van der Waals surface area contributed by atoms with Crippen molar-refractivity contribution >= 4 is 0 Å². The summed E-state index contributed by atoms with van der Waals surface area (Å²) in [6.07, 6.45) is 1.03. The molecule has 0 heterocycles. The third kappa shape index (κ3) is 21.1. The minimum absolute atomic E-state index is 0.407. The Labute approximate surface area is 144 Å². The van der Waals surface area contributed by atoms with E-state index < -0.39 is 0 Å². The monoisotopic (exact) mass is 350 g/mol. The van der Waals surface area contributed by atoms with Gasteiger partial charge in [-0.1, -0.05) is 6.92 Å². The van der Waals surface area contributed by atoms with Gasteiger partial charge in [0.2, 0.25) is 4.91 Å². The van der Waals surface area contributed by atoms with E-state index in [1.165, 1.54) is 0 Å². The maximum absolute atomic E-state index is 6.46. The van der Waals surface area contributed by atoms with Gasteiger partial charge in [-0.2, -0.15) is 0 Å². The molecule has 142 valence electrons. The van der Waals surface area contributed by atoms with Gasteiger partial charge in [0, 0.05) is 6.61 Å². The molecule has 0 spiro atoms. The summed E-state index contributed by atoms with van der Waals surface area (Å²) in [4.78, 5) is 2.88. The third-order valence-electron chi connectivity index (χ3n) is 2.61. The molecule has 0 atom stereocenters. The van der Waals surface area contributed by atoms with Gasteiger partial charge in [-0.05, 0) is 6.42 Å². The summed E-state index contributed by atoms with van der Waals surface area (Å²) in [6, 6.07) is 0. The van der Waals surface area contributed by atoms with Crippen molar-refractivity contribution in [1.82, 2.24) is 4.91 Å². The fourth-order valence-electron chi connectivity index (χ4n) is 1.50. The van der Waals surface area contributed by atoms with Crippen LogP contribution in [0.1, 0.15) is 13.3 Å². The summed E-state index contributed by atoms with van der Waals surface area (Å²) in [5.74, 6) is 0. The van der Waals surface area contributed by atoms with Gasteiger partial charge in [0.25, 0.3) is 0 Å². The van der Waals surface area contributed by atoms with Crippen molar-refractivity contribution in [2.75, 3.05) is 85.8 Å². The van der Waals surface area contributed by atoms with Gasteiger partial charge in [0.05, 0.1) is 72.7 Å². The molecule has 0 saturated carbocycles. The molecule has 0 aliphatic rings. The van der Waals surface area contributed by atoms with E-state index in [9.17, 15) is 0 Å². The van der Waals surface area contributed by atoms with Gasteiger partial charge in [-0.25, -0.2) is 0 Å². The SMILES string of the molecule is CCCOCCOCCOCCOCCOCCOCCN=[N+]=N. The van der Waals surface area contributed by atoms with Crippen LogP contribution >= 0.6 is 0 Å². The molecule has 0 aliphatic carbocycles. The molecule has 0 unspecified atom stereocenters. The Kier molecular flexibility index (Phi) is 21.2. The molecule has 0 bridgehead atoms. The normalized spacial score (nSPS) is 10.7. The smallest absolute Gasteiger partial charge is 0.214 e. The van der Waals surface area contributed by atoms with Crippen LogP contribution in [0.15, 0.2) is 5.11 Å². The molecule has 0 aromatic carbocycles. The van der Waals surface area contributed by atoms with Crippen molar-refractivity contribution in [3.63, 3.8) is 0 Å². The molecule has 0 amide bonds. The Balaban J connectivity index is 2.96. The van der Waals surface area contributed by atoms with Gasteiger partial charge < -0.3 is 28.4 Å². The first-order chi connectivity index (χ1) is 11.9. The number of nitrogens with one attached hydrogen (secondary N) is 1. The third-order valence-corrected chi connectivity index (χ3v) is 2.61. The Hall–Kier alpha value is -0.930. The van der Waals surface area contributed by atoms with E-state index in [1.54, 1.807) is 0 Å². The second kappa shape index (κ2) is 22.1. The first-order valence-electron chi connectivity index (χ1n) is 8.41. The van der Waals surface area contributed by atoms with E-state index in [4.69, 9.17) is 34.0 Å². The van der Waals surface area contributed by atoms with Crippen molar-refractivity contribution in [2.24, 2.45) is 5.11 Å². The van der Waals surface area contributed by atoms with E-state index in [0.717, 1.165) is 13.0 Å². The van der Waals surface area contributed by atoms with E-state index in [1.807, 2.05) is 0 Å². The zero-order valence-electron chi connectivity index (χ0n) is 14.7. The lowest BCUT2D eigenvalue weighted by molar-refractivity contribution is -0.0163. The molecule has 1 N–H and O–H groups in total. The zero-order chi connectivity index (χ0) is 17.6. The summed E-state index contributed by atoms with van der Waals surface area (Å²) >= 11 is 0. The van der Waals surface area contributed by atoms with Crippen LogP contribution in [0.5, 0.6) is 0 Å². The van der Waals surface area contributed by atoms with Gasteiger partial charge in [-0.15, -0.1) is 0 Å². The molecule has 9 nitrogen and oxygen atoms in total. The molecule has 24 heavy (non-hydrogen) atoms. The molecule has 0 aliphatic heterocycles. The molecule has 0 rings (SSSR count). The number of hydrogen-bond donors (Lipinski definition) is 1. The van der Waals surface area contributed by atoms with Crippen LogP contribution in [0.3, 0.4) is 0 Å². The highest BCUT2D eigenvalue weighted by Gasteiger charge is 1.94. The largest absolute Gasteiger partial charge is 0.379 e. The lowest BCUT2D eigenvalue weighted by atomic mass is 10.5. The Bertz CT molecular complexity index is 290. The minimum atomic E-state index is 0.407. The summed E-state index contributed by atoms with van der Waals surface area (Å²) < 4.78 is 31.9. The van der Waals surface area contributed by atoms with E-state index in [2.05, 4.69) is 16.9 Å². The number of rotatable bonds is 20. The highest BCUT2D eigenvalue weighted by Crippen LogP contribution is 1.85. The molecule has 0 saturated heterocycles. The first kappa shape index (κ1) is 23.1. The summed E-state index contributed by atoms with van der Waals surface area (Å²) in [6.45, 7) is 9.25. The Morgan fingerprint density at radius 2 is 0.917 bits per heavy atom. The van der Waals surface area contributed by atoms with Crippen LogP contribution in [-0.4, -0.2) is 85.8 Å². The second-order valence-corrected chi connectivity index (χ2v) is 4.64. The quantitative estimate of drug-likeness (QED) is 0.200. The predicted octanol–water partition coefficient (Wildman–Crippen LogP) is 1.05. The predicted molar refractivity (Wildman–Crippen MR) is 87.4 cm³/mol. The molecular weight excluding hydrogens is 318 g/mol. The van der Waals surface area contributed by atoms with Crippen LogP contribution in [-0.2, 0) is 28.4 Å². The maximum atomic E-state index is 6.46. The first-order valence-corrected chi connectivity index (χ1v) is 8.41. The van der Waals surface area contributed by atoms with Crippen LogP contribution in [0.4, 0.5) is 0 Å². The van der Waals surface area contributed by atoms with Crippen molar-refractivity contribution in [2.45, 2.75) is 13.3 Å². The fraction of sp³-hybridized carbons (Fsp3) is 1.00. The molecule has 0 aromatic heterocycles. The molecule has 0 fully saturated rings. The van der Waals surface area contributed by atoms with E-state index >= 15 is 0 Å². The molecular formula is C15H32N3O6+. The lowest BCUT2D eigenvalue weighted by Crippen LogP contribution is -2.14. The number of hydrogen-bond acceptors (Lipinski definition) is 8. The average molecular weight is 350 g/mol. The van der Waals surface area contributed by atoms with Crippen LogP contribution in [0.25, 0.3) is 0 Å². The van der Waals surface area contributed by atoms with Crippen LogP contribution in [0, 0.1) is 5.53 Å². The summed E-state index contributed by atoms with van der Waals surface area (Å²) in [5.41, 5.74) is 6.46. The topological polar surface area (TPSA) is 106 Å². The lowest BCUT2D eigenvalue weighted by Gasteiger charge is -2.07. The van der Waals surface area contributed by atoms with E-state index in [-0.39, 0.29) is 0 Å². The summed E-state index contributed by atoms with van der Waals surface area (Å²) in [7, 11) is 0. The number of ether oxygens (including phenoxy) is 6. The van der Waals surface area contributed by atoms with Crippen LogP contribution < -0.4 is 4.91 Å². The van der Waals surface area contributed by atoms with Crippen molar-refractivity contribution in [3.8, 4) is 0 Å². The Morgan fingerprint density at radius 1 is 0.583 bits per heavy atom. The van der Waals surface area contributed by atoms with Gasteiger partial charge in [0.15, 0.2) is 0 Å². The minimum Gasteiger partial charge on any atom is -0.379 e. The van der Waals surface area contributed by atoms with Crippen molar-refractivity contribution in [3.05, 3.63) is 0 Å². The zero-order valence-corrected chi connectivity index (χ0v) is 14.7. The standard InChI is InChI=1S/C15H32N3O6/c1-2-4-19-6-8-21-10-12-23-14-15-24-13-11-22-9-7-20-5-3-17-18-16/h16H,2-15H2,1H3/q+1. The molecule has 9 heteroatoms. The maximum Gasteiger partial charge on any atom is 0.214 e. The average Bonchev–Trinajstić information content (AvgIpc) is 2.60. The molecule has 0 radical (unpaired) electrons. The van der Waals surface area contributed by atoms with Crippen molar-refractivity contribution in [1.29, 1.82) is 5.53 Å². The fourth-order valence-corrected chi connectivity index (χ4v) is 1.50.